The lowest BCUT2D eigenvalue weighted by Crippen LogP contribution is -2.47. The van der Waals surface area contributed by atoms with Crippen LogP contribution in [0.4, 0.5) is 5.82 Å². The molecule has 27 heavy (non-hydrogen) atoms. The Morgan fingerprint density at radius 2 is 1.96 bits per heavy atom. The van der Waals surface area contributed by atoms with Crippen LogP contribution in [0, 0.1) is 11.3 Å². The molecule has 4 rings (SSSR count). The lowest BCUT2D eigenvalue weighted by Gasteiger charge is -2.42. The minimum absolute atomic E-state index is 0.299. The summed E-state index contributed by atoms with van der Waals surface area (Å²) in [6.45, 7) is 4.31. The van der Waals surface area contributed by atoms with Crippen molar-refractivity contribution < 1.29 is 0 Å². The molecule has 2 atom stereocenters. The Hall–Kier alpha value is -1.08. The number of pyridine rings is 1. The smallest absolute Gasteiger partial charge is 0.148 e. The lowest BCUT2D eigenvalue weighted by atomic mass is 9.74. The summed E-state index contributed by atoms with van der Waals surface area (Å²) in [7, 11) is 0. The molecule has 1 aliphatic carbocycles. The fraction of sp³-hybridized carbons (Fsp3) is 0.526. The molecule has 1 aliphatic heterocycles. The molecule has 2 aromatic rings. The Balaban J connectivity index is 1.41. The maximum Gasteiger partial charge on any atom is 0.148 e. The molecule has 8 heteroatoms. The van der Waals surface area contributed by atoms with E-state index in [1.807, 2.05) is 12.3 Å². The molecular formula is C19H23Cl2N5S. The number of rotatable bonds is 3. The summed E-state index contributed by atoms with van der Waals surface area (Å²) in [4.78, 5) is 16.3. The fourth-order valence-electron chi connectivity index (χ4n) is 4.49. The van der Waals surface area contributed by atoms with Gasteiger partial charge in [-0.25, -0.2) is 15.0 Å². The zero-order chi connectivity index (χ0) is 19.0. The third kappa shape index (κ3) is 3.90. The van der Waals surface area contributed by atoms with Gasteiger partial charge in [0.05, 0.1) is 17.4 Å². The molecule has 3 heterocycles. The first kappa shape index (κ1) is 19.2. The van der Waals surface area contributed by atoms with Crippen molar-refractivity contribution in [1.29, 1.82) is 0 Å². The predicted octanol–water partition coefficient (Wildman–Crippen LogP) is 4.67. The van der Waals surface area contributed by atoms with Crippen LogP contribution in [0.2, 0.25) is 10.2 Å². The van der Waals surface area contributed by atoms with E-state index in [1.54, 1.807) is 12.4 Å². The summed E-state index contributed by atoms with van der Waals surface area (Å²) in [6, 6.07) is 2.17. The Labute approximate surface area is 174 Å². The SMILES string of the molecule is C[C@H]1C[C@@H](N)C2(CCN(c3cnc(Sc4ccnc(Cl)c4Cl)cn3)CC2)C1. The molecule has 0 amide bonds. The number of halogens is 2. The first-order chi connectivity index (χ1) is 13.0. The molecule has 1 spiro atoms. The van der Waals surface area contributed by atoms with Gasteiger partial charge in [-0.3, -0.25) is 0 Å². The van der Waals surface area contributed by atoms with Gasteiger partial charge in [0.2, 0.25) is 0 Å². The highest BCUT2D eigenvalue weighted by atomic mass is 35.5. The molecule has 144 valence electrons. The van der Waals surface area contributed by atoms with E-state index in [4.69, 9.17) is 28.9 Å². The van der Waals surface area contributed by atoms with E-state index in [-0.39, 0.29) is 0 Å². The maximum atomic E-state index is 6.46. The predicted molar refractivity (Wildman–Crippen MR) is 111 cm³/mol. The van der Waals surface area contributed by atoms with Crippen LogP contribution in [0.25, 0.3) is 0 Å². The van der Waals surface area contributed by atoms with E-state index >= 15 is 0 Å². The molecule has 1 saturated heterocycles. The van der Waals surface area contributed by atoms with Gasteiger partial charge >= 0.3 is 0 Å². The van der Waals surface area contributed by atoms with E-state index < -0.39 is 0 Å². The minimum Gasteiger partial charge on any atom is -0.355 e. The second kappa shape index (κ2) is 7.74. The molecule has 0 bridgehead atoms. The van der Waals surface area contributed by atoms with Gasteiger partial charge < -0.3 is 10.6 Å². The molecule has 0 radical (unpaired) electrons. The van der Waals surface area contributed by atoms with Gasteiger partial charge in [0.25, 0.3) is 0 Å². The van der Waals surface area contributed by atoms with Gasteiger partial charge in [0, 0.05) is 30.2 Å². The quantitative estimate of drug-likeness (QED) is 0.722. The Morgan fingerprint density at radius 1 is 1.19 bits per heavy atom. The average molecular weight is 424 g/mol. The third-order valence-electron chi connectivity index (χ3n) is 5.92. The van der Waals surface area contributed by atoms with Gasteiger partial charge in [-0.2, -0.15) is 0 Å². The Kier molecular flexibility index (Phi) is 5.52. The Morgan fingerprint density at radius 3 is 2.59 bits per heavy atom. The summed E-state index contributed by atoms with van der Waals surface area (Å²) in [5.74, 6) is 1.67. The molecule has 0 unspecified atom stereocenters. The molecule has 1 saturated carbocycles. The lowest BCUT2D eigenvalue weighted by molar-refractivity contribution is 0.192. The summed E-state index contributed by atoms with van der Waals surface area (Å²) in [5, 5.41) is 1.52. The topological polar surface area (TPSA) is 67.9 Å². The minimum atomic E-state index is 0.299. The fourth-order valence-corrected chi connectivity index (χ4v) is 5.68. The summed E-state index contributed by atoms with van der Waals surface area (Å²) >= 11 is 13.6. The maximum absolute atomic E-state index is 6.46. The third-order valence-corrected chi connectivity index (χ3v) is 7.78. The highest BCUT2D eigenvalue weighted by molar-refractivity contribution is 7.99. The van der Waals surface area contributed by atoms with Crippen LogP contribution in [0.3, 0.4) is 0 Å². The van der Waals surface area contributed by atoms with Crippen LogP contribution in [-0.4, -0.2) is 34.1 Å². The number of aromatic nitrogens is 3. The van der Waals surface area contributed by atoms with Crippen molar-refractivity contribution in [1.82, 2.24) is 15.0 Å². The molecule has 5 nitrogen and oxygen atoms in total. The van der Waals surface area contributed by atoms with Gasteiger partial charge in [-0.15, -0.1) is 0 Å². The summed E-state index contributed by atoms with van der Waals surface area (Å²) < 4.78 is 0. The zero-order valence-corrected chi connectivity index (χ0v) is 17.6. The number of nitrogens with zero attached hydrogens (tertiary/aromatic N) is 4. The highest BCUT2D eigenvalue weighted by Crippen LogP contribution is 2.48. The van der Waals surface area contributed by atoms with E-state index in [9.17, 15) is 0 Å². The van der Waals surface area contributed by atoms with Gasteiger partial charge in [-0.05, 0) is 43.1 Å². The van der Waals surface area contributed by atoms with Gasteiger partial charge in [0.1, 0.15) is 16.0 Å². The number of hydrogen-bond acceptors (Lipinski definition) is 6. The van der Waals surface area contributed by atoms with Crippen LogP contribution >= 0.6 is 35.0 Å². The molecule has 2 aliphatic rings. The number of piperidine rings is 1. The van der Waals surface area contributed by atoms with Crippen LogP contribution in [0.15, 0.2) is 34.6 Å². The normalized spacial score (nSPS) is 24.5. The average Bonchev–Trinajstić information content (AvgIpc) is 2.93. The van der Waals surface area contributed by atoms with Crippen molar-refractivity contribution in [3.63, 3.8) is 0 Å². The van der Waals surface area contributed by atoms with Crippen LogP contribution < -0.4 is 10.6 Å². The van der Waals surface area contributed by atoms with Crippen molar-refractivity contribution in [2.75, 3.05) is 18.0 Å². The zero-order valence-electron chi connectivity index (χ0n) is 15.2. The first-order valence-corrected chi connectivity index (χ1v) is 10.8. The second-order valence-electron chi connectivity index (χ2n) is 7.73. The van der Waals surface area contributed by atoms with E-state index in [1.165, 1.54) is 18.2 Å². The van der Waals surface area contributed by atoms with Gasteiger partial charge in [-0.1, -0.05) is 41.9 Å². The number of nitrogens with two attached hydrogens (primary N) is 1. The molecule has 2 N–H and O–H groups in total. The molecule has 2 aromatic heterocycles. The van der Waals surface area contributed by atoms with E-state index in [0.717, 1.165) is 54.0 Å². The standard InChI is InChI=1S/C19H23Cl2N5S/c1-12-8-14(22)19(9-12)3-6-26(7-4-19)15-10-25-16(11-24-15)27-13-2-5-23-18(21)17(13)20/h2,5,10-12,14H,3-4,6-9,22H2,1H3/t12-,14+/m0/s1. The van der Waals surface area contributed by atoms with E-state index in [2.05, 4.69) is 26.8 Å². The van der Waals surface area contributed by atoms with Crippen molar-refractivity contribution in [2.45, 2.75) is 48.6 Å². The summed E-state index contributed by atoms with van der Waals surface area (Å²) in [6.07, 6.45) is 9.97. The molecule has 0 aromatic carbocycles. The van der Waals surface area contributed by atoms with E-state index in [0.29, 0.717) is 21.6 Å². The largest absolute Gasteiger partial charge is 0.355 e. The molecular weight excluding hydrogens is 401 g/mol. The van der Waals surface area contributed by atoms with Crippen molar-refractivity contribution in [3.05, 3.63) is 34.8 Å². The number of anilines is 1. The monoisotopic (exact) mass is 423 g/mol. The number of hydrogen-bond donors (Lipinski definition) is 1. The first-order valence-electron chi connectivity index (χ1n) is 9.27. The van der Waals surface area contributed by atoms with Crippen LogP contribution in [0.5, 0.6) is 0 Å². The Bertz CT molecular complexity index is 808. The van der Waals surface area contributed by atoms with Crippen LogP contribution in [-0.2, 0) is 0 Å². The summed E-state index contributed by atoms with van der Waals surface area (Å²) in [5.41, 5.74) is 6.79. The van der Waals surface area contributed by atoms with Crippen molar-refractivity contribution >= 4 is 40.8 Å². The molecule has 2 fully saturated rings. The van der Waals surface area contributed by atoms with Crippen molar-refractivity contribution in [3.8, 4) is 0 Å². The van der Waals surface area contributed by atoms with Gasteiger partial charge in [0.15, 0.2) is 0 Å². The highest BCUT2D eigenvalue weighted by Gasteiger charge is 2.45. The van der Waals surface area contributed by atoms with Crippen LogP contribution in [0.1, 0.15) is 32.6 Å². The second-order valence-corrected chi connectivity index (χ2v) is 9.53. The van der Waals surface area contributed by atoms with Crippen molar-refractivity contribution in [2.24, 2.45) is 17.1 Å².